The first-order chi connectivity index (χ1) is 16.7. The smallest absolute Gasteiger partial charge is 0.341 e. The molecule has 10 heteroatoms. The highest BCUT2D eigenvalue weighted by Crippen LogP contribution is 2.34. The number of anilines is 1. The Morgan fingerprint density at radius 2 is 1.74 bits per heavy atom. The lowest BCUT2D eigenvalue weighted by atomic mass is 10.1. The summed E-state index contributed by atoms with van der Waals surface area (Å²) in [5.74, 6) is -0.730. The van der Waals surface area contributed by atoms with Gasteiger partial charge in [-0.05, 0) is 57.9 Å². The Hall–Kier alpha value is -2.95. The molecule has 4 aromatic rings. The molecule has 0 unspecified atom stereocenters. The third-order valence-corrected chi connectivity index (χ3v) is 8.80. The molecule has 35 heavy (non-hydrogen) atoms. The maximum Gasteiger partial charge on any atom is 0.341 e. The van der Waals surface area contributed by atoms with Crippen molar-refractivity contribution in [2.75, 3.05) is 17.7 Å². The number of nitrogens with one attached hydrogen (secondary N) is 1. The van der Waals surface area contributed by atoms with E-state index in [4.69, 9.17) is 9.72 Å². The summed E-state index contributed by atoms with van der Waals surface area (Å²) >= 11 is 4.00. The summed E-state index contributed by atoms with van der Waals surface area (Å²) < 4.78 is 6.73. The minimum Gasteiger partial charge on any atom is -0.462 e. The number of rotatable bonds is 7. The van der Waals surface area contributed by atoms with Gasteiger partial charge in [-0.2, -0.15) is 0 Å². The van der Waals surface area contributed by atoms with Crippen molar-refractivity contribution in [1.29, 1.82) is 0 Å². The van der Waals surface area contributed by atoms with Gasteiger partial charge in [0.25, 0.3) is 5.56 Å². The third kappa shape index (κ3) is 4.91. The van der Waals surface area contributed by atoms with Gasteiger partial charge in [-0.25, -0.2) is 9.78 Å². The molecule has 0 spiro atoms. The molecule has 0 aliphatic carbocycles. The molecule has 0 saturated heterocycles. The molecule has 182 valence electrons. The quantitative estimate of drug-likeness (QED) is 0.190. The van der Waals surface area contributed by atoms with Crippen LogP contribution in [-0.2, 0) is 9.53 Å². The Morgan fingerprint density at radius 3 is 2.43 bits per heavy atom. The van der Waals surface area contributed by atoms with Crippen molar-refractivity contribution in [1.82, 2.24) is 9.55 Å². The van der Waals surface area contributed by atoms with Crippen molar-refractivity contribution in [3.63, 3.8) is 0 Å². The number of hydrogen-bond acceptors (Lipinski definition) is 8. The topological polar surface area (TPSA) is 90.3 Å². The zero-order valence-corrected chi connectivity index (χ0v) is 22.5. The average Bonchev–Trinajstić information content (AvgIpc) is 3.27. The number of thiophene rings is 2. The fourth-order valence-electron chi connectivity index (χ4n) is 3.63. The zero-order chi connectivity index (χ0) is 25.3. The summed E-state index contributed by atoms with van der Waals surface area (Å²) in [6, 6.07) is 9.29. The number of esters is 1. The van der Waals surface area contributed by atoms with E-state index >= 15 is 0 Å². The minimum absolute atomic E-state index is 0.0202. The Balaban J connectivity index is 1.65. The lowest BCUT2D eigenvalue weighted by Gasteiger charge is -2.12. The van der Waals surface area contributed by atoms with E-state index < -0.39 is 5.97 Å². The van der Waals surface area contributed by atoms with Crippen molar-refractivity contribution in [3.05, 3.63) is 67.1 Å². The molecule has 7 nitrogen and oxygen atoms in total. The van der Waals surface area contributed by atoms with E-state index in [2.05, 4.69) is 5.32 Å². The average molecular weight is 528 g/mol. The number of aromatic nitrogens is 2. The van der Waals surface area contributed by atoms with Crippen LogP contribution in [0, 0.1) is 27.7 Å². The monoisotopic (exact) mass is 527 g/mol. The second kappa shape index (κ2) is 10.3. The standard InChI is InChI=1S/C25H25N3O4S3/c1-6-32-24(31)20-14(3)16(5)35-22(20)26-18(29)12-33-25-27-21-19(13(2)15(4)34-21)23(30)28(25)17-10-8-7-9-11-17/h7-11H,6,12H2,1-5H3,(H,26,29). The number of fused-ring (bicyclic) bond motifs is 1. The number of thioether (sulfide) groups is 1. The number of carbonyl (C=O) groups is 2. The fourth-order valence-corrected chi connectivity index (χ4v) is 6.58. The summed E-state index contributed by atoms with van der Waals surface area (Å²) in [5.41, 5.74) is 2.64. The van der Waals surface area contributed by atoms with Crippen LogP contribution < -0.4 is 10.9 Å². The van der Waals surface area contributed by atoms with Gasteiger partial charge in [-0.1, -0.05) is 30.0 Å². The fraction of sp³-hybridized carbons (Fsp3) is 0.280. The first-order valence-corrected chi connectivity index (χ1v) is 13.6. The van der Waals surface area contributed by atoms with Crippen molar-refractivity contribution in [3.8, 4) is 5.69 Å². The highest BCUT2D eigenvalue weighted by molar-refractivity contribution is 7.99. The first-order valence-electron chi connectivity index (χ1n) is 11.0. The number of ether oxygens (including phenoxy) is 1. The summed E-state index contributed by atoms with van der Waals surface area (Å²) in [6.07, 6.45) is 0. The highest BCUT2D eigenvalue weighted by atomic mass is 32.2. The lowest BCUT2D eigenvalue weighted by molar-refractivity contribution is -0.113. The van der Waals surface area contributed by atoms with Crippen LogP contribution in [-0.4, -0.2) is 33.8 Å². The van der Waals surface area contributed by atoms with E-state index in [1.807, 2.05) is 58.0 Å². The molecule has 0 atom stereocenters. The van der Waals surface area contributed by atoms with E-state index in [-0.39, 0.29) is 23.8 Å². The molecule has 1 aromatic carbocycles. The van der Waals surface area contributed by atoms with Crippen LogP contribution in [0.15, 0.2) is 40.3 Å². The molecule has 4 rings (SSSR count). The Bertz CT molecular complexity index is 1490. The zero-order valence-electron chi connectivity index (χ0n) is 20.1. The third-order valence-electron chi connectivity index (χ3n) is 5.64. The molecule has 0 saturated carbocycles. The van der Waals surface area contributed by atoms with Gasteiger partial charge in [0.1, 0.15) is 9.83 Å². The van der Waals surface area contributed by atoms with Crippen LogP contribution in [0.1, 0.15) is 38.2 Å². The molecule has 0 radical (unpaired) electrons. The normalized spacial score (nSPS) is 11.1. The van der Waals surface area contributed by atoms with Gasteiger partial charge in [0.05, 0.1) is 29.0 Å². The Kier molecular flexibility index (Phi) is 7.44. The van der Waals surface area contributed by atoms with E-state index in [1.54, 1.807) is 11.5 Å². The number of para-hydroxylation sites is 1. The maximum atomic E-state index is 13.5. The second-order valence-corrected chi connectivity index (χ2v) is 11.2. The van der Waals surface area contributed by atoms with Crippen LogP contribution in [0.3, 0.4) is 0 Å². The first kappa shape index (κ1) is 25.2. The molecular formula is C25H25N3O4S3. The van der Waals surface area contributed by atoms with E-state index in [1.165, 1.54) is 34.4 Å². The summed E-state index contributed by atoms with van der Waals surface area (Å²) in [5, 5.41) is 4.37. The Morgan fingerprint density at radius 1 is 1.06 bits per heavy atom. The molecule has 1 amide bonds. The second-order valence-electron chi connectivity index (χ2n) is 7.88. The van der Waals surface area contributed by atoms with Gasteiger partial charge in [0, 0.05) is 9.75 Å². The van der Waals surface area contributed by atoms with Crippen LogP contribution in [0.2, 0.25) is 0 Å². The van der Waals surface area contributed by atoms with E-state index in [0.717, 1.165) is 20.9 Å². The van der Waals surface area contributed by atoms with Gasteiger partial charge in [0.15, 0.2) is 5.16 Å². The molecular weight excluding hydrogens is 502 g/mol. The van der Waals surface area contributed by atoms with Crippen molar-refractivity contribution >= 4 is 61.5 Å². The van der Waals surface area contributed by atoms with Crippen molar-refractivity contribution in [2.24, 2.45) is 0 Å². The van der Waals surface area contributed by atoms with Crippen LogP contribution >= 0.6 is 34.4 Å². The summed E-state index contributed by atoms with van der Waals surface area (Å²) in [7, 11) is 0. The van der Waals surface area contributed by atoms with Crippen molar-refractivity contribution < 1.29 is 14.3 Å². The number of aryl methyl sites for hydroxylation is 3. The summed E-state index contributed by atoms with van der Waals surface area (Å²) in [4.78, 5) is 46.2. The van der Waals surface area contributed by atoms with Crippen LogP contribution in [0.4, 0.5) is 5.00 Å². The molecule has 0 aliphatic heterocycles. The molecule has 0 fully saturated rings. The van der Waals surface area contributed by atoms with Crippen LogP contribution in [0.5, 0.6) is 0 Å². The van der Waals surface area contributed by atoms with Gasteiger partial charge in [-0.3, -0.25) is 14.2 Å². The highest BCUT2D eigenvalue weighted by Gasteiger charge is 2.23. The van der Waals surface area contributed by atoms with Gasteiger partial charge in [0.2, 0.25) is 5.91 Å². The van der Waals surface area contributed by atoms with Crippen molar-refractivity contribution in [2.45, 2.75) is 39.8 Å². The number of amides is 1. The number of hydrogen-bond donors (Lipinski definition) is 1. The minimum atomic E-state index is -0.453. The molecule has 3 aromatic heterocycles. The largest absolute Gasteiger partial charge is 0.462 e. The maximum absolute atomic E-state index is 13.5. The van der Waals surface area contributed by atoms with Crippen LogP contribution in [0.25, 0.3) is 15.9 Å². The SMILES string of the molecule is CCOC(=O)c1c(NC(=O)CSc2nc3sc(C)c(C)c3c(=O)n2-c2ccccc2)sc(C)c1C. The molecule has 0 bridgehead atoms. The van der Waals surface area contributed by atoms with Gasteiger partial charge in [-0.15, -0.1) is 22.7 Å². The summed E-state index contributed by atoms with van der Waals surface area (Å²) in [6.45, 7) is 9.64. The van der Waals surface area contributed by atoms with Gasteiger partial charge < -0.3 is 10.1 Å². The predicted molar refractivity (Wildman–Crippen MR) is 144 cm³/mol. The number of carbonyl (C=O) groups excluding carboxylic acids is 2. The lowest BCUT2D eigenvalue weighted by Crippen LogP contribution is -2.23. The molecule has 0 aliphatic rings. The predicted octanol–water partition coefficient (Wildman–Crippen LogP) is 5.65. The van der Waals surface area contributed by atoms with E-state index in [9.17, 15) is 14.4 Å². The van der Waals surface area contributed by atoms with E-state index in [0.29, 0.717) is 31.6 Å². The Labute approximate surface area is 215 Å². The number of benzene rings is 1. The molecule has 3 heterocycles. The number of nitrogens with zero attached hydrogens (tertiary/aromatic N) is 2. The molecule has 1 N–H and O–H groups in total. The van der Waals surface area contributed by atoms with Gasteiger partial charge >= 0.3 is 5.97 Å².